The molecule has 0 aliphatic carbocycles. The van der Waals surface area contributed by atoms with Gasteiger partial charge in [0.25, 0.3) is 5.56 Å². The molecule has 3 aliphatic rings. The van der Waals surface area contributed by atoms with Crippen molar-refractivity contribution in [2.45, 2.75) is 134 Å². The lowest BCUT2D eigenvalue weighted by molar-refractivity contribution is -0.295. The van der Waals surface area contributed by atoms with Crippen LogP contribution < -0.4 is 11.2 Å². The number of carbonyl (C=O) groups is 4. The van der Waals surface area contributed by atoms with Crippen LogP contribution in [0.2, 0.25) is 0 Å². The van der Waals surface area contributed by atoms with Crippen molar-refractivity contribution in [3.8, 4) is 0 Å². The summed E-state index contributed by atoms with van der Waals surface area (Å²) in [5, 5.41) is 10.5. The number of carbonyl (C=O) groups excluding carboxylic acids is 4. The highest BCUT2D eigenvalue weighted by Gasteiger charge is 2.61. The highest BCUT2D eigenvalue weighted by atomic mass is 32.2. The number of methoxy groups -OCH3 is 1. The lowest BCUT2D eigenvalue weighted by Crippen LogP contribution is -2.59. The summed E-state index contributed by atoms with van der Waals surface area (Å²) in [6, 6.07) is 0.932. The number of likely N-dealkylation sites (N-methyl/N-ethyl adjacent to an activating group) is 1. The van der Waals surface area contributed by atoms with E-state index in [1.54, 1.807) is 41.5 Å². The van der Waals surface area contributed by atoms with Crippen LogP contribution in [0, 0.1) is 29.6 Å². The summed E-state index contributed by atoms with van der Waals surface area (Å²) in [6.45, 7) is 13.8. The number of ether oxygens (including phenoxy) is 5. The van der Waals surface area contributed by atoms with E-state index in [0.717, 1.165) is 0 Å². The quantitative estimate of drug-likeness (QED) is 0.274. The Kier molecular flexibility index (Phi) is 14.2. The minimum absolute atomic E-state index is 0.0889. The molecule has 4 rings (SSSR count). The summed E-state index contributed by atoms with van der Waals surface area (Å²) in [7, 11) is 5.17. The van der Waals surface area contributed by atoms with Crippen molar-refractivity contribution in [1.82, 2.24) is 14.5 Å². The topological polar surface area (TPSA) is 193 Å². The zero-order chi connectivity index (χ0) is 40.4. The number of hydrogen-bond donors (Lipinski definition) is 2. The van der Waals surface area contributed by atoms with Gasteiger partial charge in [-0.3, -0.25) is 33.5 Å². The molecule has 15 nitrogen and oxygen atoms in total. The molecular formula is C38H59N3O12S. The number of cyclic esters (lactones) is 1. The van der Waals surface area contributed by atoms with Gasteiger partial charge in [-0.15, -0.1) is 11.8 Å². The minimum atomic E-state index is -1.44. The third kappa shape index (κ3) is 8.88. The van der Waals surface area contributed by atoms with Crippen molar-refractivity contribution in [1.29, 1.82) is 0 Å². The molecule has 0 radical (unpaired) electrons. The molecule has 0 spiro atoms. The number of H-pyrrole nitrogens is 1. The van der Waals surface area contributed by atoms with E-state index in [0.29, 0.717) is 6.42 Å². The first-order valence-electron chi connectivity index (χ1n) is 18.8. The SMILES string of the molecule is CC[C@H]1OC(=O)[C@H](C)C(=O)[C@H](C)[C@@H](O[C@@H]2O[C@H](C)C[C@H](N(C)C)[C@H]2O)[C@](C)(OC)C[C@@H](C)C(=O)[C@H](C)[C@H]2[C@H](SCCn3ccc(=O)[nH]c3=O)C(=O)O[C@@]21C. The maximum atomic E-state index is 14.6. The normalized spacial score (nSPS) is 39.9. The van der Waals surface area contributed by atoms with E-state index < -0.39 is 99.6 Å². The molecular weight excluding hydrogens is 722 g/mol. The van der Waals surface area contributed by atoms with Crippen LogP contribution in [-0.2, 0) is 49.4 Å². The Bertz CT molecular complexity index is 1650. The Morgan fingerprint density at radius 1 is 1.02 bits per heavy atom. The molecule has 1 aromatic rings. The molecule has 3 aliphatic heterocycles. The average molecular weight is 782 g/mol. The molecule has 3 saturated heterocycles. The molecule has 3 fully saturated rings. The lowest BCUT2D eigenvalue weighted by Gasteiger charge is -2.47. The summed E-state index contributed by atoms with van der Waals surface area (Å²) in [4.78, 5) is 84.4. The Labute approximate surface area is 321 Å². The predicted molar refractivity (Wildman–Crippen MR) is 200 cm³/mol. The Hall–Kier alpha value is -2.89. The average Bonchev–Trinajstić information content (AvgIpc) is 3.38. The van der Waals surface area contributed by atoms with Gasteiger partial charge >= 0.3 is 17.6 Å². The Morgan fingerprint density at radius 2 is 1.69 bits per heavy atom. The Balaban J connectivity index is 1.74. The van der Waals surface area contributed by atoms with Crippen LogP contribution in [0.3, 0.4) is 0 Å². The fourth-order valence-electron chi connectivity index (χ4n) is 8.65. The molecule has 0 saturated carbocycles. The van der Waals surface area contributed by atoms with Gasteiger partial charge in [-0.05, 0) is 61.1 Å². The zero-order valence-electron chi connectivity index (χ0n) is 33.4. The van der Waals surface area contributed by atoms with E-state index in [2.05, 4.69) is 4.98 Å². The molecule has 2 N–H and O–H groups in total. The number of nitrogens with zero attached hydrogens (tertiary/aromatic N) is 2. The van der Waals surface area contributed by atoms with Gasteiger partial charge in [0.2, 0.25) is 0 Å². The number of rotatable bonds is 9. The summed E-state index contributed by atoms with van der Waals surface area (Å²) >= 11 is 1.22. The molecule has 54 heavy (non-hydrogen) atoms. The molecule has 0 aromatic carbocycles. The first-order valence-corrected chi connectivity index (χ1v) is 19.9. The fourth-order valence-corrected chi connectivity index (χ4v) is 10.1. The highest BCUT2D eigenvalue weighted by Crippen LogP contribution is 2.49. The summed E-state index contributed by atoms with van der Waals surface area (Å²) in [5.41, 5.74) is -3.86. The van der Waals surface area contributed by atoms with E-state index in [9.17, 15) is 33.9 Å². The van der Waals surface area contributed by atoms with Crippen molar-refractivity contribution in [2.75, 3.05) is 27.0 Å². The highest BCUT2D eigenvalue weighted by molar-refractivity contribution is 8.00. The third-order valence-electron chi connectivity index (χ3n) is 11.8. The number of esters is 2. The Morgan fingerprint density at radius 3 is 2.28 bits per heavy atom. The van der Waals surface area contributed by atoms with Crippen LogP contribution in [0.1, 0.15) is 74.7 Å². The predicted octanol–water partition coefficient (Wildman–Crippen LogP) is 2.19. The van der Waals surface area contributed by atoms with Gasteiger partial charge in [-0.1, -0.05) is 27.7 Å². The third-order valence-corrected chi connectivity index (χ3v) is 13.1. The second-order valence-electron chi connectivity index (χ2n) is 15.9. The number of aromatic nitrogens is 2. The number of aliphatic hydroxyl groups excluding tert-OH is 1. The van der Waals surface area contributed by atoms with Crippen LogP contribution in [0.4, 0.5) is 0 Å². The van der Waals surface area contributed by atoms with Crippen LogP contribution in [-0.4, -0.2) is 123 Å². The van der Waals surface area contributed by atoms with Gasteiger partial charge in [-0.25, -0.2) is 4.79 Å². The molecule has 1 aromatic heterocycles. The van der Waals surface area contributed by atoms with Gasteiger partial charge in [0.1, 0.15) is 29.2 Å². The summed E-state index contributed by atoms with van der Waals surface area (Å²) in [5.74, 6) is -6.32. The number of hydrogen-bond acceptors (Lipinski definition) is 14. The van der Waals surface area contributed by atoms with Gasteiger partial charge in [0.15, 0.2) is 17.7 Å². The van der Waals surface area contributed by atoms with Crippen molar-refractivity contribution in [3.05, 3.63) is 33.1 Å². The largest absolute Gasteiger partial charge is 0.458 e. The number of aliphatic hydroxyl groups is 1. The molecule has 0 bridgehead atoms. The van der Waals surface area contributed by atoms with Gasteiger partial charge in [-0.2, -0.15) is 0 Å². The smallest absolute Gasteiger partial charge is 0.328 e. The zero-order valence-corrected chi connectivity index (χ0v) is 34.2. The van der Waals surface area contributed by atoms with Gasteiger partial charge < -0.3 is 33.7 Å². The second-order valence-corrected chi connectivity index (χ2v) is 17.2. The van der Waals surface area contributed by atoms with Crippen LogP contribution >= 0.6 is 11.8 Å². The number of aryl methyl sites for hydroxylation is 1. The molecule has 304 valence electrons. The first kappa shape index (κ1) is 43.8. The van der Waals surface area contributed by atoms with Crippen molar-refractivity contribution >= 4 is 35.3 Å². The second kappa shape index (κ2) is 17.5. The minimum Gasteiger partial charge on any atom is -0.458 e. The van der Waals surface area contributed by atoms with E-state index in [1.165, 1.54) is 42.6 Å². The van der Waals surface area contributed by atoms with Crippen LogP contribution in [0.5, 0.6) is 0 Å². The lowest BCUT2D eigenvalue weighted by atomic mass is 9.70. The standard InChI is InChI=1S/C38H59N3O12S/c1-12-25-38(8)27(31(34(47)53-38)54-16-15-41-14-13-26(42)39-36(41)48)21(4)28(43)19(2)18-37(7,49-11)32(22(5)29(44)23(6)33(46)51-25)52-35-30(45)24(40(9)10)17-20(3)50-35/h13-14,19-25,27,30-32,35,45H,12,15-18H2,1-11H3,(H,39,42,48)/t19-,20-,21-,22+,23-,24+,25-,27+,30-,31+,32-,35+,37-,38-/m1/s1. The van der Waals surface area contributed by atoms with Gasteiger partial charge in [0.05, 0.1) is 17.8 Å². The summed E-state index contributed by atoms with van der Waals surface area (Å²) in [6.07, 6.45) is -2.34. The monoisotopic (exact) mass is 781 g/mol. The number of nitrogens with one attached hydrogen (secondary N) is 1. The summed E-state index contributed by atoms with van der Waals surface area (Å²) < 4.78 is 32.3. The van der Waals surface area contributed by atoms with Crippen LogP contribution in [0.15, 0.2) is 21.9 Å². The molecule has 4 heterocycles. The maximum Gasteiger partial charge on any atom is 0.328 e. The molecule has 14 atom stereocenters. The first-order chi connectivity index (χ1) is 25.2. The number of Topliss-reactive ketones (excluding diaryl/α,β-unsaturated/α-hetero) is 2. The number of aromatic amines is 1. The number of thioether (sulfide) groups is 1. The van der Waals surface area contributed by atoms with Crippen molar-refractivity contribution in [3.63, 3.8) is 0 Å². The van der Waals surface area contributed by atoms with E-state index >= 15 is 0 Å². The maximum absolute atomic E-state index is 14.6. The molecule has 0 unspecified atom stereocenters. The van der Waals surface area contributed by atoms with Crippen molar-refractivity contribution in [2.24, 2.45) is 29.6 Å². The van der Waals surface area contributed by atoms with E-state index in [-0.39, 0.29) is 43.1 Å². The van der Waals surface area contributed by atoms with Gasteiger partial charge in [0, 0.05) is 61.4 Å². The van der Waals surface area contributed by atoms with E-state index in [1.807, 2.05) is 25.9 Å². The van der Waals surface area contributed by atoms with Crippen molar-refractivity contribution < 1.29 is 48.0 Å². The molecule has 0 amide bonds. The fraction of sp³-hybridized carbons (Fsp3) is 0.789. The number of ketones is 2. The number of fused-ring (bicyclic) bond motifs is 1. The van der Waals surface area contributed by atoms with E-state index in [4.69, 9.17) is 23.7 Å². The molecule has 16 heteroatoms. The van der Waals surface area contributed by atoms with Crippen LogP contribution in [0.25, 0.3) is 0 Å².